The minimum Gasteiger partial charge on any atom is -0.490 e. The summed E-state index contributed by atoms with van der Waals surface area (Å²) in [5, 5.41) is 7.19. The van der Waals surface area contributed by atoms with Gasteiger partial charge in [0.05, 0.1) is 21.1 Å². The fraction of sp³-hybridized carbons (Fsp3) is 0.824. The SMILES string of the molecule is C/C1=C\CCC(C)C(N)CC(C)CC1.C[NH+](C)C.[B]C(=O)O. The molecule has 22 heavy (non-hydrogen) atoms. The summed E-state index contributed by atoms with van der Waals surface area (Å²) in [6.07, 6.45) is 8.65. The quantitative estimate of drug-likeness (QED) is 0.474. The van der Waals surface area contributed by atoms with Crippen molar-refractivity contribution < 1.29 is 14.8 Å². The van der Waals surface area contributed by atoms with Crippen LogP contribution < -0.4 is 10.6 Å². The molecule has 0 spiro atoms. The Bertz CT molecular complexity index is 313. The predicted octanol–water partition coefficient (Wildman–Crippen LogP) is 2.09. The van der Waals surface area contributed by atoms with Crippen LogP contribution in [-0.2, 0) is 0 Å². The van der Waals surface area contributed by atoms with Gasteiger partial charge in [0.25, 0.3) is 0 Å². The molecule has 3 atom stereocenters. The van der Waals surface area contributed by atoms with Crippen LogP contribution in [-0.4, -0.2) is 46.0 Å². The van der Waals surface area contributed by atoms with Gasteiger partial charge in [0.2, 0.25) is 13.7 Å². The standard InChI is InChI=1S/C13H25N.C3H9N.CHBO2/c1-10-5-4-6-12(3)13(14)9-11(2)8-7-10;1-4(2)3;2-1(3)4/h5,11-13H,4,6-9,14H2,1-3H3;1-3H3;(H,3,4)/p+1/b10-5+;;. The summed E-state index contributed by atoms with van der Waals surface area (Å²) in [6.45, 7) is 6.89. The van der Waals surface area contributed by atoms with Crippen molar-refractivity contribution in [3.05, 3.63) is 11.6 Å². The van der Waals surface area contributed by atoms with Crippen LogP contribution in [0.2, 0.25) is 0 Å². The van der Waals surface area contributed by atoms with Gasteiger partial charge in [0, 0.05) is 6.04 Å². The fourth-order valence-electron chi connectivity index (χ4n) is 2.20. The summed E-state index contributed by atoms with van der Waals surface area (Å²) in [7, 11) is 10.3. The molecular weight excluding hydrogens is 275 g/mol. The lowest BCUT2D eigenvalue weighted by molar-refractivity contribution is -0.836. The molecule has 5 heteroatoms. The molecule has 0 aromatic carbocycles. The van der Waals surface area contributed by atoms with Gasteiger partial charge in [-0.15, -0.1) is 0 Å². The van der Waals surface area contributed by atoms with Gasteiger partial charge in [-0.3, -0.25) is 4.79 Å². The number of allylic oxidation sites excluding steroid dienone is 2. The van der Waals surface area contributed by atoms with Gasteiger partial charge in [0.1, 0.15) is 0 Å². The van der Waals surface area contributed by atoms with E-state index in [4.69, 9.17) is 15.6 Å². The number of hydrogen-bond donors (Lipinski definition) is 3. The number of nitrogens with one attached hydrogen (secondary N) is 1. The van der Waals surface area contributed by atoms with E-state index in [1.807, 2.05) is 0 Å². The summed E-state index contributed by atoms with van der Waals surface area (Å²) in [4.78, 5) is 10.2. The van der Waals surface area contributed by atoms with Crippen molar-refractivity contribution >= 4 is 13.7 Å². The Labute approximate surface area is 138 Å². The van der Waals surface area contributed by atoms with E-state index in [1.54, 1.807) is 5.57 Å². The summed E-state index contributed by atoms with van der Waals surface area (Å²) >= 11 is 0. The van der Waals surface area contributed by atoms with Crippen LogP contribution in [0.1, 0.15) is 52.9 Å². The third-order valence-corrected chi connectivity index (χ3v) is 3.55. The van der Waals surface area contributed by atoms with Crippen molar-refractivity contribution in [3.63, 3.8) is 0 Å². The van der Waals surface area contributed by atoms with Crippen molar-refractivity contribution in [2.24, 2.45) is 17.6 Å². The Morgan fingerprint density at radius 3 is 2.23 bits per heavy atom. The number of carbonyl (C=O) groups is 1. The van der Waals surface area contributed by atoms with Gasteiger partial charge in [-0.25, -0.2) is 0 Å². The molecule has 1 aliphatic carbocycles. The third kappa shape index (κ3) is 19.2. The van der Waals surface area contributed by atoms with Crippen LogP contribution in [0.15, 0.2) is 11.6 Å². The summed E-state index contributed by atoms with van der Waals surface area (Å²) < 4.78 is 0. The molecule has 128 valence electrons. The number of rotatable bonds is 0. The minimum atomic E-state index is -1.33. The number of carboxylic acid groups (broad SMARTS) is 1. The number of hydrogen-bond acceptors (Lipinski definition) is 2. The number of nitrogens with two attached hydrogens (primary N) is 1. The first-order chi connectivity index (χ1) is 10.1. The van der Waals surface area contributed by atoms with E-state index in [0.717, 1.165) is 5.92 Å². The molecular formula is C17H36BN2O2+. The zero-order valence-corrected chi connectivity index (χ0v) is 15.4. The molecule has 0 amide bonds. The molecule has 0 aromatic rings. The Morgan fingerprint density at radius 1 is 1.32 bits per heavy atom. The van der Waals surface area contributed by atoms with Crippen LogP contribution in [0, 0.1) is 11.8 Å². The highest BCUT2D eigenvalue weighted by atomic mass is 16.4. The first kappa shape index (κ1) is 23.5. The fourth-order valence-corrected chi connectivity index (χ4v) is 2.20. The average molecular weight is 311 g/mol. The van der Waals surface area contributed by atoms with E-state index >= 15 is 0 Å². The van der Waals surface area contributed by atoms with Crippen LogP contribution in [0.25, 0.3) is 0 Å². The Balaban J connectivity index is 0. The molecule has 0 saturated heterocycles. The largest absolute Gasteiger partial charge is 0.490 e. The van der Waals surface area contributed by atoms with Crippen molar-refractivity contribution in [3.8, 4) is 0 Å². The molecule has 0 heterocycles. The van der Waals surface area contributed by atoms with Crippen LogP contribution in [0.5, 0.6) is 0 Å². The van der Waals surface area contributed by atoms with Gasteiger partial charge in [-0.05, 0) is 50.9 Å². The zero-order valence-electron chi connectivity index (χ0n) is 15.4. The Morgan fingerprint density at radius 2 is 1.77 bits per heavy atom. The first-order valence-electron chi connectivity index (χ1n) is 8.22. The predicted molar refractivity (Wildman–Crippen MR) is 95.7 cm³/mol. The van der Waals surface area contributed by atoms with E-state index in [-0.39, 0.29) is 0 Å². The lowest BCUT2D eigenvalue weighted by Crippen LogP contribution is -3.02. The van der Waals surface area contributed by atoms with Gasteiger partial charge in [-0.2, -0.15) is 0 Å². The molecule has 1 rings (SSSR count). The smallest absolute Gasteiger partial charge is 0.233 e. The van der Waals surface area contributed by atoms with Crippen LogP contribution in [0.3, 0.4) is 0 Å². The van der Waals surface area contributed by atoms with E-state index in [0.29, 0.717) is 12.0 Å². The topological polar surface area (TPSA) is 67.8 Å². The summed E-state index contributed by atoms with van der Waals surface area (Å²) in [5.74, 6) is 0.133. The number of quaternary nitrogens is 1. The van der Waals surface area contributed by atoms with Gasteiger partial charge < -0.3 is 15.7 Å². The monoisotopic (exact) mass is 311 g/mol. The average Bonchev–Trinajstić information content (AvgIpc) is 2.34. The summed E-state index contributed by atoms with van der Waals surface area (Å²) in [6, 6.07) is 0.414. The molecule has 0 aromatic heterocycles. The molecule has 4 nitrogen and oxygen atoms in total. The second-order valence-corrected chi connectivity index (χ2v) is 6.99. The molecule has 0 fully saturated rings. The molecule has 0 saturated carbocycles. The zero-order chi connectivity index (χ0) is 17.7. The van der Waals surface area contributed by atoms with Crippen LogP contribution >= 0.6 is 0 Å². The maximum atomic E-state index is 8.78. The first-order valence-corrected chi connectivity index (χ1v) is 8.22. The van der Waals surface area contributed by atoms with E-state index in [9.17, 15) is 0 Å². The highest BCUT2D eigenvalue weighted by molar-refractivity contribution is 6.54. The second-order valence-electron chi connectivity index (χ2n) is 6.99. The molecule has 1 aliphatic rings. The lowest BCUT2D eigenvalue weighted by atomic mass is 9.86. The molecule has 2 radical (unpaired) electrons. The van der Waals surface area contributed by atoms with Crippen molar-refractivity contribution in [1.29, 1.82) is 0 Å². The normalized spacial score (nSPS) is 28.2. The van der Waals surface area contributed by atoms with E-state index in [2.05, 4.69) is 55.8 Å². The Kier molecular flexibility index (Phi) is 14.7. The summed E-state index contributed by atoms with van der Waals surface area (Å²) in [5.41, 5.74) is 7.74. The highest BCUT2D eigenvalue weighted by Gasteiger charge is 2.16. The van der Waals surface area contributed by atoms with Gasteiger partial charge in [-0.1, -0.05) is 25.5 Å². The maximum Gasteiger partial charge on any atom is 0.233 e. The lowest BCUT2D eigenvalue weighted by Gasteiger charge is -2.24. The molecule has 0 aliphatic heterocycles. The second kappa shape index (κ2) is 13.8. The van der Waals surface area contributed by atoms with Gasteiger partial charge >= 0.3 is 0 Å². The minimum absolute atomic E-state index is 0.414. The van der Waals surface area contributed by atoms with Crippen molar-refractivity contribution in [2.45, 2.75) is 58.9 Å². The molecule has 0 bridgehead atoms. The maximum absolute atomic E-state index is 8.78. The van der Waals surface area contributed by atoms with Crippen molar-refractivity contribution in [1.82, 2.24) is 0 Å². The van der Waals surface area contributed by atoms with E-state index in [1.165, 1.54) is 37.0 Å². The third-order valence-electron chi connectivity index (χ3n) is 3.55. The van der Waals surface area contributed by atoms with Crippen LogP contribution in [0.4, 0.5) is 4.79 Å². The highest BCUT2D eigenvalue weighted by Crippen LogP contribution is 2.23. The van der Waals surface area contributed by atoms with Gasteiger partial charge in [0.15, 0.2) is 0 Å². The molecule has 4 N–H and O–H groups in total. The van der Waals surface area contributed by atoms with E-state index < -0.39 is 5.87 Å². The Hall–Kier alpha value is -0.805. The molecule has 3 unspecified atom stereocenters. The van der Waals surface area contributed by atoms with Crippen molar-refractivity contribution in [2.75, 3.05) is 21.1 Å².